The molecule has 0 saturated heterocycles. The summed E-state index contributed by atoms with van der Waals surface area (Å²) in [5, 5.41) is 3.61. The molecule has 0 radical (unpaired) electrons. The second kappa shape index (κ2) is 9.78. The Morgan fingerprint density at radius 2 is 2.10 bits per heavy atom. The molecule has 0 aliphatic heterocycles. The van der Waals surface area contributed by atoms with Gasteiger partial charge in [-0.15, -0.1) is 0 Å². The lowest BCUT2D eigenvalue weighted by Gasteiger charge is -2.44. The van der Waals surface area contributed by atoms with Gasteiger partial charge in [0.25, 0.3) is 0 Å². The molecular formula is C17H36N2O2. The zero-order chi connectivity index (χ0) is 15.7. The second-order valence-corrected chi connectivity index (χ2v) is 7.09. The molecule has 3 unspecified atom stereocenters. The van der Waals surface area contributed by atoms with Gasteiger partial charge in [0, 0.05) is 39.9 Å². The molecule has 0 heterocycles. The summed E-state index contributed by atoms with van der Waals surface area (Å²) in [7, 11) is 5.79. The molecule has 4 nitrogen and oxygen atoms in total. The summed E-state index contributed by atoms with van der Waals surface area (Å²) >= 11 is 0. The van der Waals surface area contributed by atoms with Crippen LogP contribution in [0.5, 0.6) is 0 Å². The Bertz CT molecular complexity index is 276. The Hall–Kier alpha value is -0.160. The summed E-state index contributed by atoms with van der Waals surface area (Å²) in [4.78, 5) is 2.47. The van der Waals surface area contributed by atoms with Gasteiger partial charge in [-0.1, -0.05) is 19.8 Å². The van der Waals surface area contributed by atoms with Crippen LogP contribution in [-0.4, -0.2) is 65.1 Å². The van der Waals surface area contributed by atoms with Gasteiger partial charge in [-0.2, -0.15) is 0 Å². The minimum Gasteiger partial charge on any atom is -0.383 e. The SMILES string of the molecule is COCCNCC1(CN(C)C(C)COC)CCCC(C)C1. The summed E-state index contributed by atoms with van der Waals surface area (Å²) in [5.74, 6) is 0.842. The van der Waals surface area contributed by atoms with E-state index >= 15 is 0 Å². The summed E-state index contributed by atoms with van der Waals surface area (Å²) in [6.45, 7) is 9.46. The Morgan fingerprint density at radius 3 is 2.71 bits per heavy atom. The zero-order valence-corrected chi connectivity index (χ0v) is 14.8. The Balaban J connectivity index is 2.58. The van der Waals surface area contributed by atoms with Gasteiger partial charge in [-0.3, -0.25) is 0 Å². The molecule has 0 amide bonds. The molecule has 0 aromatic heterocycles. The van der Waals surface area contributed by atoms with Crippen LogP contribution in [0.25, 0.3) is 0 Å². The Labute approximate surface area is 131 Å². The van der Waals surface area contributed by atoms with Gasteiger partial charge >= 0.3 is 0 Å². The van der Waals surface area contributed by atoms with Crippen molar-refractivity contribution in [3.05, 3.63) is 0 Å². The molecule has 4 heteroatoms. The topological polar surface area (TPSA) is 33.7 Å². The van der Waals surface area contributed by atoms with Crippen LogP contribution in [0.2, 0.25) is 0 Å². The average Bonchev–Trinajstić information content (AvgIpc) is 2.44. The maximum absolute atomic E-state index is 5.31. The summed E-state index contributed by atoms with van der Waals surface area (Å²) in [6.07, 6.45) is 5.41. The van der Waals surface area contributed by atoms with Crippen LogP contribution in [0.1, 0.15) is 39.5 Å². The molecule has 0 aromatic carbocycles. The van der Waals surface area contributed by atoms with Crippen LogP contribution in [0.3, 0.4) is 0 Å². The maximum atomic E-state index is 5.31. The van der Waals surface area contributed by atoms with Crippen molar-refractivity contribution in [2.75, 3.05) is 54.1 Å². The van der Waals surface area contributed by atoms with E-state index in [2.05, 4.69) is 31.1 Å². The highest BCUT2D eigenvalue weighted by molar-refractivity contribution is 4.90. The molecule has 21 heavy (non-hydrogen) atoms. The van der Waals surface area contributed by atoms with E-state index < -0.39 is 0 Å². The van der Waals surface area contributed by atoms with Crippen molar-refractivity contribution in [2.24, 2.45) is 11.3 Å². The molecule has 1 rings (SSSR count). The van der Waals surface area contributed by atoms with Crippen LogP contribution in [-0.2, 0) is 9.47 Å². The Morgan fingerprint density at radius 1 is 1.33 bits per heavy atom. The van der Waals surface area contributed by atoms with Gasteiger partial charge in [-0.05, 0) is 38.1 Å². The highest BCUT2D eigenvalue weighted by Crippen LogP contribution is 2.39. The first-order valence-corrected chi connectivity index (χ1v) is 8.42. The van der Waals surface area contributed by atoms with E-state index in [9.17, 15) is 0 Å². The van der Waals surface area contributed by atoms with E-state index in [1.807, 2.05) is 0 Å². The largest absolute Gasteiger partial charge is 0.383 e. The third kappa shape index (κ3) is 6.64. The highest BCUT2D eigenvalue weighted by atomic mass is 16.5. The molecule has 3 atom stereocenters. The third-order valence-corrected chi connectivity index (χ3v) is 4.91. The number of ether oxygens (including phenoxy) is 2. The molecule has 0 spiro atoms. The molecule has 1 N–H and O–H groups in total. The van der Waals surface area contributed by atoms with Crippen molar-refractivity contribution in [1.29, 1.82) is 0 Å². The minimum atomic E-state index is 0.405. The number of nitrogens with one attached hydrogen (secondary N) is 1. The number of methoxy groups -OCH3 is 2. The first-order valence-electron chi connectivity index (χ1n) is 8.42. The molecule has 126 valence electrons. The first kappa shape index (κ1) is 18.9. The van der Waals surface area contributed by atoms with Gasteiger partial charge in [0.2, 0.25) is 0 Å². The van der Waals surface area contributed by atoms with Gasteiger partial charge in [0.1, 0.15) is 0 Å². The monoisotopic (exact) mass is 300 g/mol. The fourth-order valence-corrected chi connectivity index (χ4v) is 3.71. The summed E-state index contributed by atoms with van der Waals surface area (Å²) < 4.78 is 10.5. The van der Waals surface area contributed by atoms with Gasteiger partial charge in [0.15, 0.2) is 0 Å². The fraction of sp³-hybridized carbons (Fsp3) is 1.00. The van der Waals surface area contributed by atoms with Gasteiger partial charge in [0.05, 0.1) is 13.2 Å². The van der Waals surface area contributed by atoms with Crippen LogP contribution in [0.15, 0.2) is 0 Å². The van der Waals surface area contributed by atoms with Gasteiger partial charge < -0.3 is 19.7 Å². The standard InChI is InChI=1S/C17H36N2O2/c1-15-7-6-8-17(11-15,13-18-9-10-20-4)14-19(3)16(2)12-21-5/h15-16,18H,6-14H2,1-5H3. The number of hydrogen-bond donors (Lipinski definition) is 1. The van der Waals surface area contributed by atoms with Crippen LogP contribution in [0.4, 0.5) is 0 Å². The summed E-state index contributed by atoms with van der Waals surface area (Å²) in [5.41, 5.74) is 0.405. The third-order valence-electron chi connectivity index (χ3n) is 4.91. The number of likely N-dealkylation sites (N-methyl/N-ethyl adjacent to an activating group) is 1. The lowest BCUT2D eigenvalue weighted by molar-refractivity contribution is 0.0485. The second-order valence-electron chi connectivity index (χ2n) is 7.09. The zero-order valence-electron chi connectivity index (χ0n) is 14.8. The van der Waals surface area contributed by atoms with E-state index in [0.717, 1.165) is 38.8 Å². The van der Waals surface area contributed by atoms with Crippen molar-refractivity contribution in [3.63, 3.8) is 0 Å². The van der Waals surface area contributed by atoms with Crippen molar-refractivity contribution in [2.45, 2.75) is 45.6 Å². The van der Waals surface area contributed by atoms with E-state index in [1.165, 1.54) is 25.7 Å². The van der Waals surface area contributed by atoms with Crippen LogP contribution in [0, 0.1) is 11.3 Å². The predicted octanol–water partition coefficient (Wildman–Crippen LogP) is 2.39. The van der Waals surface area contributed by atoms with Gasteiger partial charge in [-0.25, -0.2) is 0 Å². The minimum absolute atomic E-state index is 0.405. The molecule has 0 aromatic rings. The predicted molar refractivity (Wildman–Crippen MR) is 88.8 cm³/mol. The van der Waals surface area contributed by atoms with Crippen molar-refractivity contribution in [1.82, 2.24) is 10.2 Å². The van der Waals surface area contributed by atoms with Crippen molar-refractivity contribution in [3.8, 4) is 0 Å². The van der Waals surface area contributed by atoms with Crippen molar-refractivity contribution < 1.29 is 9.47 Å². The first-order chi connectivity index (χ1) is 10.0. The molecule has 1 saturated carbocycles. The maximum Gasteiger partial charge on any atom is 0.0615 e. The summed E-state index contributed by atoms with van der Waals surface area (Å²) in [6, 6.07) is 0.475. The van der Waals surface area contributed by atoms with E-state index in [-0.39, 0.29) is 0 Å². The molecular weight excluding hydrogens is 264 g/mol. The fourth-order valence-electron chi connectivity index (χ4n) is 3.71. The number of nitrogens with zero attached hydrogens (tertiary/aromatic N) is 1. The quantitative estimate of drug-likeness (QED) is 0.628. The van der Waals surface area contributed by atoms with Crippen molar-refractivity contribution >= 4 is 0 Å². The number of hydrogen-bond acceptors (Lipinski definition) is 4. The molecule has 1 fully saturated rings. The van der Waals surface area contributed by atoms with E-state index in [1.54, 1.807) is 14.2 Å². The van der Waals surface area contributed by atoms with E-state index in [4.69, 9.17) is 9.47 Å². The highest BCUT2D eigenvalue weighted by Gasteiger charge is 2.36. The average molecular weight is 300 g/mol. The smallest absolute Gasteiger partial charge is 0.0615 e. The lowest BCUT2D eigenvalue weighted by atomic mass is 9.69. The van der Waals surface area contributed by atoms with Crippen LogP contribution >= 0.6 is 0 Å². The lowest BCUT2D eigenvalue weighted by Crippen LogP contribution is -2.48. The number of rotatable bonds is 10. The molecule has 0 bridgehead atoms. The molecule has 1 aliphatic rings. The van der Waals surface area contributed by atoms with Crippen LogP contribution < -0.4 is 5.32 Å². The van der Waals surface area contributed by atoms with E-state index in [0.29, 0.717) is 11.5 Å². The normalized spacial score (nSPS) is 28.0. The Kier molecular flexibility index (Phi) is 8.79. The molecule has 1 aliphatic carbocycles.